The molecule has 0 radical (unpaired) electrons. The quantitative estimate of drug-likeness (QED) is 0.115. The zero-order valence-electron chi connectivity index (χ0n) is 32.9. The molecule has 6 aromatic rings. The number of carbonyl (C=O) groups excluding carboxylic acids is 2. The van der Waals surface area contributed by atoms with Gasteiger partial charge in [0.25, 0.3) is 20.0 Å². The standard InChI is InChI=1S/C24H22N2O4S.C23H19BrN2O3S/c1-30-19-12-14-21-23(16-19)31(28,29)26-24(25-21)22(27)15-13-20(17-8-4-2-5-9-17)18-10-6-3-7-11-18;24-18-11-13-20-22(15-18)30(28,29)26-23(25-20)21(27)14-12-19(16-7-3-1-4-8-16)17-9-5-2-6-10-17/h2-12,14,16,20H,13,15H2,1H3,(H,25,26);1-11,13,15,19H,12,14H2,(H,25,26). The van der Waals surface area contributed by atoms with E-state index in [4.69, 9.17) is 4.74 Å². The second kappa shape index (κ2) is 19.0. The van der Waals surface area contributed by atoms with Crippen LogP contribution in [-0.4, -0.2) is 47.2 Å². The minimum absolute atomic E-state index is 0.00477. The number of methoxy groups -OCH3 is 1. The van der Waals surface area contributed by atoms with Crippen LogP contribution in [0.4, 0.5) is 11.4 Å². The van der Waals surface area contributed by atoms with Crippen LogP contribution in [0.15, 0.2) is 181 Å². The van der Waals surface area contributed by atoms with Crippen molar-refractivity contribution in [1.82, 2.24) is 0 Å². The Morgan fingerprint density at radius 3 is 1.28 bits per heavy atom. The summed E-state index contributed by atoms with van der Waals surface area (Å²) >= 11 is 3.26. The van der Waals surface area contributed by atoms with Gasteiger partial charge in [-0.05, 0) is 65.4 Å². The maximum atomic E-state index is 12.9. The Labute approximate surface area is 363 Å². The van der Waals surface area contributed by atoms with Crippen molar-refractivity contribution in [3.8, 4) is 5.75 Å². The Kier molecular flexibility index (Phi) is 13.4. The molecule has 0 bridgehead atoms. The Hall–Kier alpha value is -6.22. The monoisotopic (exact) mass is 916 g/mol. The fourth-order valence-corrected chi connectivity index (χ4v) is 10.0. The number of rotatable bonds is 13. The summed E-state index contributed by atoms with van der Waals surface area (Å²) < 4.78 is 63.4. The molecule has 14 heteroatoms. The SMILES string of the molecule is COc1ccc2c(c1)S(=O)(=O)N=C(C(=O)CCC(c1ccccc1)c1ccccc1)N2.O=C(CCC(c1ccccc1)c1ccccc1)C1=NS(=O)(=O)c2cc(Br)ccc2N1. The molecule has 6 aromatic carbocycles. The first-order chi connectivity index (χ1) is 29.4. The summed E-state index contributed by atoms with van der Waals surface area (Å²) in [5.41, 5.74) is 5.10. The van der Waals surface area contributed by atoms with Crippen LogP contribution >= 0.6 is 15.9 Å². The normalized spacial score (nSPS) is 14.4. The fraction of sp³-hybridized carbons (Fsp3) is 0.149. The number of fused-ring (bicyclic) bond motifs is 2. The number of Topliss-reactive ketones (excluding diaryl/α,β-unsaturated/α-hetero) is 2. The van der Waals surface area contributed by atoms with Gasteiger partial charge < -0.3 is 15.4 Å². The van der Waals surface area contributed by atoms with Crippen molar-refractivity contribution < 1.29 is 31.2 Å². The number of hydrogen-bond acceptors (Lipinski definition) is 9. The Balaban J connectivity index is 0.000000184. The second-order valence-corrected chi connectivity index (χ2v) is 18.3. The molecule has 61 heavy (non-hydrogen) atoms. The van der Waals surface area contributed by atoms with E-state index in [1.807, 2.05) is 121 Å². The highest BCUT2D eigenvalue weighted by Crippen LogP contribution is 2.34. The highest BCUT2D eigenvalue weighted by atomic mass is 79.9. The van der Waals surface area contributed by atoms with Crippen molar-refractivity contribution >= 4 is 70.6 Å². The number of amidine groups is 2. The number of ketones is 2. The summed E-state index contributed by atoms with van der Waals surface area (Å²) in [6.45, 7) is 0. The molecule has 2 heterocycles. The molecule has 0 aliphatic carbocycles. The number of nitrogens with one attached hydrogen (secondary N) is 2. The third kappa shape index (κ3) is 10.4. The molecule has 0 unspecified atom stereocenters. The van der Waals surface area contributed by atoms with Crippen molar-refractivity contribution in [2.24, 2.45) is 8.80 Å². The minimum atomic E-state index is -3.99. The Morgan fingerprint density at radius 2 is 0.902 bits per heavy atom. The largest absolute Gasteiger partial charge is 0.497 e. The van der Waals surface area contributed by atoms with E-state index in [2.05, 4.69) is 35.4 Å². The van der Waals surface area contributed by atoms with E-state index in [9.17, 15) is 26.4 Å². The summed E-state index contributed by atoms with van der Waals surface area (Å²) in [5, 5.41) is 5.76. The summed E-state index contributed by atoms with van der Waals surface area (Å²) in [6.07, 6.45) is 1.40. The van der Waals surface area contributed by atoms with E-state index in [0.717, 1.165) is 22.3 Å². The average Bonchev–Trinajstić information content (AvgIpc) is 3.28. The lowest BCUT2D eigenvalue weighted by Gasteiger charge is -2.20. The van der Waals surface area contributed by atoms with Gasteiger partial charge in [-0.25, -0.2) is 0 Å². The molecule has 0 fully saturated rings. The lowest BCUT2D eigenvalue weighted by atomic mass is 9.87. The first-order valence-corrected chi connectivity index (χ1v) is 23.1. The summed E-state index contributed by atoms with van der Waals surface area (Å²) in [7, 11) is -6.46. The third-order valence-electron chi connectivity index (χ3n) is 10.3. The molecule has 2 aliphatic rings. The first kappa shape index (κ1) is 42.9. The predicted octanol–water partition coefficient (Wildman–Crippen LogP) is 9.53. The zero-order chi connectivity index (χ0) is 43.0. The number of anilines is 2. The van der Waals surface area contributed by atoms with Gasteiger partial charge in [0.1, 0.15) is 15.5 Å². The lowest BCUT2D eigenvalue weighted by molar-refractivity contribution is -0.113. The predicted molar refractivity (Wildman–Crippen MR) is 242 cm³/mol. The molecule has 0 amide bonds. The molecule has 2 aliphatic heterocycles. The van der Waals surface area contributed by atoms with Crippen LogP contribution in [-0.2, 0) is 29.6 Å². The van der Waals surface area contributed by atoms with Crippen LogP contribution in [0, 0.1) is 0 Å². The van der Waals surface area contributed by atoms with E-state index in [0.29, 0.717) is 34.4 Å². The van der Waals surface area contributed by atoms with Gasteiger partial charge in [0.2, 0.25) is 0 Å². The van der Waals surface area contributed by atoms with Crippen molar-refractivity contribution in [2.75, 3.05) is 17.7 Å². The van der Waals surface area contributed by atoms with Crippen LogP contribution in [0.25, 0.3) is 0 Å². The van der Waals surface area contributed by atoms with Gasteiger partial charge in [0.05, 0.1) is 18.5 Å². The molecule has 2 N–H and O–H groups in total. The van der Waals surface area contributed by atoms with Gasteiger partial charge in [-0.2, -0.15) is 16.8 Å². The summed E-state index contributed by atoms with van der Waals surface area (Å²) in [6, 6.07) is 49.3. The van der Waals surface area contributed by atoms with E-state index in [1.165, 1.54) is 19.2 Å². The number of ether oxygens (including phenoxy) is 1. The van der Waals surface area contributed by atoms with Crippen LogP contribution < -0.4 is 15.4 Å². The highest BCUT2D eigenvalue weighted by molar-refractivity contribution is 9.10. The van der Waals surface area contributed by atoms with Crippen molar-refractivity contribution in [1.29, 1.82) is 0 Å². The lowest BCUT2D eigenvalue weighted by Crippen LogP contribution is -2.29. The van der Waals surface area contributed by atoms with Gasteiger partial charge >= 0.3 is 0 Å². The summed E-state index contributed by atoms with van der Waals surface area (Å²) in [4.78, 5) is 25.8. The topological polar surface area (TPSA) is 160 Å². The van der Waals surface area contributed by atoms with Gasteiger partial charge in [-0.3, -0.25) is 9.59 Å². The summed E-state index contributed by atoms with van der Waals surface area (Å²) in [5.74, 6) is -0.514. The molecule has 0 spiro atoms. The van der Waals surface area contributed by atoms with Crippen molar-refractivity contribution in [2.45, 2.75) is 47.3 Å². The van der Waals surface area contributed by atoms with E-state index in [1.54, 1.807) is 24.3 Å². The number of nitrogens with zero attached hydrogens (tertiary/aromatic N) is 2. The van der Waals surface area contributed by atoms with Gasteiger partial charge in [0, 0.05) is 35.2 Å². The van der Waals surface area contributed by atoms with Crippen LogP contribution in [0.1, 0.15) is 59.8 Å². The highest BCUT2D eigenvalue weighted by Gasteiger charge is 2.30. The fourth-order valence-electron chi connectivity index (χ4n) is 7.22. The molecular weight excluding hydrogens is 877 g/mol. The van der Waals surface area contributed by atoms with E-state index in [-0.39, 0.29) is 57.7 Å². The molecular formula is C47H41BrN4O7S2. The minimum Gasteiger partial charge on any atom is -0.497 e. The zero-order valence-corrected chi connectivity index (χ0v) is 36.2. The Bertz CT molecular complexity index is 2750. The average molecular weight is 918 g/mol. The van der Waals surface area contributed by atoms with Crippen LogP contribution in [0.3, 0.4) is 0 Å². The number of benzene rings is 6. The number of sulfonamides is 2. The molecule has 0 atom stereocenters. The number of halogens is 1. The molecule has 0 aromatic heterocycles. The van der Waals surface area contributed by atoms with Crippen molar-refractivity contribution in [3.05, 3.63) is 184 Å². The second-order valence-electron chi connectivity index (χ2n) is 14.3. The number of hydrogen-bond donors (Lipinski definition) is 2. The molecule has 310 valence electrons. The van der Waals surface area contributed by atoms with Crippen molar-refractivity contribution in [3.63, 3.8) is 0 Å². The van der Waals surface area contributed by atoms with Crippen LogP contribution in [0.5, 0.6) is 5.75 Å². The maximum absolute atomic E-state index is 12.9. The number of carbonyl (C=O) groups is 2. The van der Waals surface area contributed by atoms with Gasteiger partial charge in [-0.15, -0.1) is 8.80 Å². The first-order valence-electron chi connectivity index (χ1n) is 19.4. The van der Waals surface area contributed by atoms with Gasteiger partial charge in [0.15, 0.2) is 23.2 Å². The molecule has 8 rings (SSSR count). The van der Waals surface area contributed by atoms with E-state index >= 15 is 0 Å². The van der Waals surface area contributed by atoms with Gasteiger partial charge in [-0.1, -0.05) is 137 Å². The third-order valence-corrected chi connectivity index (χ3v) is 13.4. The molecule has 0 saturated carbocycles. The van der Waals surface area contributed by atoms with Crippen LogP contribution in [0.2, 0.25) is 0 Å². The molecule has 11 nitrogen and oxygen atoms in total. The van der Waals surface area contributed by atoms with E-state index < -0.39 is 20.0 Å². The Morgan fingerprint density at radius 1 is 0.541 bits per heavy atom. The smallest absolute Gasteiger partial charge is 0.286 e. The molecule has 0 saturated heterocycles. The maximum Gasteiger partial charge on any atom is 0.286 e.